The number of aliphatic hydroxyl groups is 1. The zero-order chi connectivity index (χ0) is 11.6. The summed E-state index contributed by atoms with van der Waals surface area (Å²) in [5, 5.41) is 11.4. The van der Waals surface area contributed by atoms with Gasteiger partial charge in [-0.05, 0) is 25.0 Å². The summed E-state index contributed by atoms with van der Waals surface area (Å²) < 4.78 is 1.15. The molecule has 1 atom stereocenters. The van der Waals surface area contributed by atoms with Crippen molar-refractivity contribution in [1.82, 2.24) is 4.98 Å². The van der Waals surface area contributed by atoms with Gasteiger partial charge in [-0.2, -0.15) is 0 Å². The smallest absolute Gasteiger partial charge is 0.126 e. The molecular weight excluding hydrogens is 218 g/mol. The second kappa shape index (κ2) is 4.52. The first-order valence-electron chi connectivity index (χ1n) is 5.78. The maximum absolute atomic E-state index is 10.5. The number of thiazole rings is 1. The predicted molar refractivity (Wildman–Crippen MR) is 68.7 cm³/mol. The Bertz CT molecular complexity index is 446. The molecule has 1 heterocycles. The van der Waals surface area contributed by atoms with Crippen LogP contribution < -0.4 is 0 Å². The molecule has 0 aliphatic rings. The Balaban J connectivity index is 2.45. The van der Waals surface area contributed by atoms with Crippen LogP contribution in [0.2, 0.25) is 0 Å². The van der Waals surface area contributed by atoms with Crippen LogP contribution >= 0.6 is 11.3 Å². The third-order valence-electron chi connectivity index (χ3n) is 2.94. The van der Waals surface area contributed by atoms with E-state index in [0.29, 0.717) is 0 Å². The van der Waals surface area contributed by atoms with Crippen LogP contribution in [-0.4, -0.2) is 10.1 Å². The molecule has 1 unspecified atom stereocenters. The summed E-state index contributed by atoms with van der Waals surface area (Å²) in [6.45, 7) is 4.11. The molecule has 1 aromatic carbocycles. The Kier molecular flexibility index (Phi) is 3.26. The zero-order valence-corrected chi connectivity index (χ0v) is 10.5. The maximum atomic E-state index is 10.5. The fraction of sp³-hybridized carbons (Fsp3) is 0.462. The van der Waals surface area contributed by atoms with Crippen LogP contribution in [0.3, 0.4) is 0 Å². The van der Waals surface area contributed by atoms with E-state index in [1.54, 1.807) is 11.3 Å². The minimum Gasteiger partial charge on any atom is -0.383 e. The van der Waals surface area contributed by atoms with E-state index in [4.69, 9.17) is 0 Å². The molecule has 16 heavy (non-hydrogen) atoms. The highest BCUT2D eigenvalue weighted by molar-refractivity contribution is 7.18. The van der Waals surface area contributed by atoms with Gasteiger partial charge in [-0.1, -0.05) is 32.4 Å². The quantitative estimate of drug-likeness (QED) is 0.876. The van der Waals surface area contributed by atoms with E-state index in [0.717, 1.165) is 34.5 Å². The van der Waals surface area contributed by atoms with Gasteiger partial charge in [0, 0.05) is 0 Å². The number of hydrogen-bond donors (Lipinski definition) is 1. The molecule has 0 amide bonds. The van der Waals surface area contributed by atoms with Crippen molar-refractivity contribution < 1.29 is 5.11 Å². The van der Waals surface area contributed by atoms with Gasteiger partial charge in [0.05, 0.1) is 10.2 Å². The molecule has 0 fully saturated rings. The van der Waals surface area contributed by atoms with Crippen LogP contribution in [0.5, 0.6) is 0 Å². The molecule has 0 aliphatic carbocycles. The molecule has 0 aliphatic heterocycles. The molecule has 86 valence electrons. The topological polar surface area (TPSA) is 33.1 Å². The lowest BCUT2D eigenvalue weighted by molar-refractivity contribution is 0.0226. The van der Waals surface area contributed by atoms with E-state index >= 15 is 0 Å². The lowest BCUT2D eigenvalue weighted by Crippen LogP contribution is -2.23. The molecule has 0 bridgehead atoms. The largest absolute Gasteiger partial charge is 0.383 e. The molecule has 2 aromatic rings. The van der Waals surface area contributed by atoms with Crippen molar-refractivity contribution in [3.8, 4) is 0 Å². The fourth-order valence-corrected chi connectivity index (χ4v) is 3.07. The summed E-state index contributed by atoms with van der Waals surface area (Å²) >= 11 is 1.61. The van der Waals surface area contributed by atoms with Crippen LogP contribution in [0.1, 0.15) is 38.1 Å². The minimum absolute atomic E-state index is 0.723. The van der Waals surface area contributed by atoms with Crippen LogP contribution in [0.25, 0.3) is 10.2 Å². The van der Waals surface area contributed by atoms with Crippen molar-refractivity contribution in [3.05, 3.63) is 29.3 Å². The molecule has 0 saturated carbocycles. The number of benzene rings is 1. The van der Waals surface area contributed by atoms with E-state index in [9.17, 15) is 5.11 Å². The Labute approximate surface area is 100.0 Å². The lowest BCUT2D eigenvalue weighted by Gasteiger charge is -2.23. The number of rotatable bonds is 4. The summed E-state index contributed by atoms with van der Waals surface area (Å²) in [6, 6.07) is 8.04. The number of fused-ring (bicyclic) bond motifs is 1. The van der Waals surface area contributed by atoms with E-state index in [2.05, 4.69) is 18.0 Å². The Hall–Kier alpha value is -0.930. The second-order valence-electron chi connectivity index (χ2n) is 4.12. The van der Waals surface area contributed by atoms with E-state index < -0.39 is 5.60 Å². The molecule has 0 radical (unpaired) electrons. The number of nitrogens with zero attached hydrogens (tertiary/aromatic N) is 1. The number of aromatic nitrogens is 1. The van der Waals surface area contributed by atoms with Crippen LogP contribution in [0.15, 0.2) is 24.3 Å². The predicted octanol–water partition coefficient (Wildman–Crippen LogP) is 3.69. The fourth-order valence-electron chi connectivity index (χ4n) is 1.92. The van der Waals surface area contributed by atoms with Gasteiger partial charge in [0.1, 0.15) is 10.6 Å². The second-order valence-corrected chi connectivity index (χ2v) is 5.15. The van der Waals surface area contributed by atoms with E-state index in [1.807, 2.05) is 25.1 Å². The van der Waals surface area contributed by atoms with Gasteiger partial charge in [-0.25, -0.2) is 4.98 Å². The SMILES string of the molecule is CCCC(O)(CC)c1nc2ccccc2s1. The summed E-state index contributed by atoms with van der Waals surface area (Å²) in [7, 11) is 0. The van der Waals surface area contributed by atoms with Crippen LogP contribution in [0.4, 0.5) is 0 Å². The molecule has 0 spiro atoms. The zero-order valence-electron chi connectivity index (χ0n) is 9.73. The van der Waals surface area contributed by atoms with Gasteiger partial charge in [-0.15, -0.1) is 11.3 Å². The number of hydrogen-bond acceptors (Lipinski definition) is 3. The standard InChI is InChI=1S/C13H17NOS/c1-3-9-13(15,4-2)12-14-10-7-5-6-8-11(10)16-12/h5-8,15H,3-4,9H2,1-2H3. The van der Waals surface area contributed by atoms with Crippen LogP contribution in [0, 0.1) is 0 Å². The monoisotopic (exact) mass is 235 g/mol. The molecule has 2 nitrogen and oxygen atoms in total. The van der Waals surface area contributed by atoms with Crippen LogP contribution in [-0.2, 0) is 5.60 Å². The third kappa shape index (κ3) is 1.97. The highest BCUT2D eigenvalue weighted by Crippen LogP contribution is 2.35. The van der Waals surface area contributed by atoms with Gasteiger partial charge in [0.15, 0.2) is 0 Å². The normalized spacial score (nSPS) is 15.2. The molecular formula is C13H17NOS. The first-order valence-corrected chi connectivity index (χ1v) is 6.59. The average Bonchev–Trinajstić information content (AvgIpc) is 2.73. The summed E-state index contributed by atoms with van der Waals surface area (Å²) in [4.78, 5) is 4.54. The van der Waals surface area contributed by atoms with E-state index in [-0.39, 0.29) is 0 Å². The molecule has 3 heteroatoms. The van der Waals surface area contributed by atoms with Crippen molar-refractivity contribution in [2.45, 2.75) is 38.7 Å². The Morgan fingerprint density at radius 1 is 1.31 bits per heavy atom. The Morgan fingerprint density at radius 2 is 2.06 bits per heavy atom. The summed E-state index contributed by atoms with van der Waals surface area (Å²) in [5.74, 6) is 0. The summed E-state index contributed by atoms with van der Waals surface area (Å²) in [5.41, 5.74) is 0.254. The number of para-hydroxylation sites is 1. The highest BCUT2D eigenvalue weighted by atomic mass is 32.1. The van der Waals surface area contributed by atoms with Crippen molar-refractivity contribution in [3.63, 3.8) is 0 Å². The highest BCUT2D eigenvalue weighted by Gasteiger charge is 2.29. The van der Waals surface area contributed by atoms with E-state index in [1.165, 1.54) is 0 Å². The minimum atomic E-state index is -0.738. The molecule has 1 aromatic heterocycles. The van der Waals surface area contributed by atoms with Crippen molar-refractivity contribution in [1.29, 1.82) is 0 Å². The van der Waals surface area contributed by atoms with Gasteiger partial charge in [-0.3, -0.25) is 0 Å². The van der Waals surface area contributed by atoms with Gasteiger partial charge in [0.25, 0.3) is 0 Å². The molecule has 2 rings (SSSR count). The molecule has 1 N–H and O–H groups in total. The molecule has 0 saturated heterocycles. The third-order valence-corrected chi connectivity index (χ3v) is 4.17. The van der Waals surface area contributed by atoms with Crippen molar-refractivity contribution in [2.24, 2.45) is 0 Å². The summed E-state index contributed by atoms with van der Waals surface area (Å²) in [6.07, 6.45) is 2.48. The van der Waals surface area contributed by atoms with Gasteiger partial charge < -0.3 is 5.11 Å². The average molecular weight is 235 g/mol. The van der Waals surface area contributed by atoms with Gasteiger partial charge in [0.2, 0.25) is 0 Å². The maximum Gasteiger partial charge on any atom is 0.126 e. The Morgan fingerprint density at radius 3 is 2.69 bits per heavy atom. The first-order chi connectivity index (χ1) is 7.69. The van der Waals surface area contributed by atoms with Gasteiger partial charge >= 0.3 is 0 Å². The van der Waals surface area contributed by atoms with Crippen molar-refractivity contribution in [2.75, 3.05) is 0 Å². The van der Waals surface area contributed by atoms with Crippen molar-refractivity contribution >= 4 is 21.6 Å². The first kappa shape index (κ1) is 11.6. The lowest BCUT2D eigenvalue weighted by atomic mass is 9.96.